The minimum atomic E-state index is -1.12. The molecule has 3 amide bonds. The molecule has 1 saturated carbocycles. The second kappa shape index (κ2) is 14.7. The van der Waals surface area contributed by atoms with Gasteiger partial charge in [-0.05, 0) is 44.1 Å². The minimum absolute atomic E-state index is 0.0602. The monoisotopic (exact) mass is 621 g/mol. The zero-order valence-corrected chi connectivity index (χ0v) is 26.1. The number of carbonyl (C=O) groups excluding carboxylic acids is 4. The van der Waals surface area contributed by atoms with Crippen LogP contribution in [0.15, 0.2) is 55.6 Å². The first-order chi connectivity index (χ1) is 21.9. The number of fused-ring (bicyclic) bond motifs is 1. The molecule has 3 saturated heterocycles. The molecule has 0 unspecified atom stereocenters. The summed E-state index contributed by atoms with van der Waals surface area (Å²) in [4.78, 5) is 58.7. The highest BCUT2D eigenvalue weighted by molar-refractivity contribution is 5.99. The Balaban J connectivity index is 1.41. The number of allylic oxidation sites excluding steroid dienone is 1. The summed E-state index contributed by atoms with van der Waals surface area (Å²) in [6.07, 6.45) is 9.96. The molecule has 3 aliphatic heterocycles. The van der Waals surface area contributed by atoms with E-state index in [1.165, 1.54) is 0 Å². The van der Waals surface area contributed by atoms with Crippen molar-refractivity contribution >= 4 is 23.7 Å². The molecular formula is C35H47N3O7. The van der Waals surface area contributed by atoms with E-state index in [9.17, 15) is 24.3 Å². The zero-order chi connectivity index (χ0) is 32.0. The van der Waals surface area contributed by atoms with Crippen LogP contribution in [0.4, 0.5) is 0 Å². The summed E-state index contributed by atoms with van der Waals surface area (Å²) in [5, 5.41) is 12.7. The predicted octanol–water partition coefficient (Wildman–Crippen LogP) is 3.46. The van der Waals surface area contributed by atoms with Gasteiger partial charge in [-0.2, -0.15) is 0 Å². The molecule has 2 bridgehead atoms. The first kappa shape index (κ1) is 32.9. The number of hydrogen-bond acceptors (Lipinski definition) is 7. The molecule has 244 valence electrons. The Kier molecular flexibility index (Phi) is 10.8. The van der Waals surface area contributed by atoms with Gasteiger partial charge in [-0.1, -0.05) is 61.7 Å². The molecule has 10 nitrogen and oxygen atoms in total. The van der Waals surface area contributed by atoms with Gasteiger partial charge in [-0.3, -0.25) is 19.2 Å². The molecule has 6 atom stereocenters. The van der Waals surface area contributed by atoms with E-state index in [4.69, 9.17) is 9.47 Å². The van der Waals surface area contributed by atoms with Crippen LogP contribution < -0.4 is 5.32 Å². The van der Waals surface area contributed by atoms with E-state index in [1.54, 1.807) is 17.1 Å². The van der Waals surface area contributed by atoms with Crippen molar-refractivity contribution < 1.29 is 33.8 Å². The number of nitrogens with one attached hydrogen (secondary N) is 1. The topological polar surface area (TPSA) is 125 Å². The summed E-state index contributed by atoms with van der Waals surface area (Å²) >= 11 is 0. The van der Waals surface area contributed by atoms with Crippen molar-refractivity contribution in [2.24, 2.45) is 11.8 Å². The fourth-order valence-electron chi connectivity index (χ4n) is 7.96. The van der Waals surface area contributed by atoms with Crippen molar-refractivity contribution in [1.82, 2.24) is 15.1 Å². The molecule has 10 heteroatoms. The normalized spacial score (nSPS) is 27.9. The smallest absolute Gasteiger partial charge is 0.306 e. The Bertz CT molecular complexity index is 1250. The first-order valence-corrected chi connectivity index (χ1v) is 16.5. The molecule has 4 aliphatic rings. The Morgan fingerprint density at radius 2 is 1.89 bits per heavy atom. The van der Waals surface area contributed by atoms with E-state index in [2.05, 4.69) is 18.5 Å². The molecule has 1 aromatic carbocycles. The van der Waals surface area contributed by atoms with Crippen molar-refractivity contribution in [3.63, 3.8) is 0 Å². The lowest BCUT2D eigenvalue weighted by Crippen LogP contribution is -2.58. The number of likely N-dealkylation sites (tertiary alicyclic amines) is 1. The Morgan fingerprint density at radius 3 is 2.58 bits per heavy atom. The number of ether oxygens (including phenoxy) is 2. The lowest BCUT2D eigenvalue weighted by Gasteiger charge is -2.40. The number of esters is 1. The SMILES string of the molecule is C=CCCC(=O)OC[C@H](NC(=O)[C@@H]1[C@@H]2CC[C@]3(O2)[C@H](C(=O)N(CC=C)C2CCCCC2)N(CCCO)C(=O)[C@@H]13)c1ccccc1. The molecule has 5 rings (SSSR count). The van der Waals surface area contributed by atoms with Gasteiger partial charge in [0.2, 0.25) is 17.7 Å². The summed E-state index contributed by atoms with van der Waals surface area (Å²) in [5.74, 6) is -2.81. The van der Waals surface area contributed by atoms with Crippen LogP contribution in [-0.2, 0) is 28.7 Å². The summed E-state index contributed by atoms with van der Waals surface area (Å²) in [7, 11) is 0. The third-order valence-corrected chi connectivity index (χ3v) is 10.0. The van der Waals surface area contributed by atoms with Crippen molar-refractivity contribution in [2.45, 2.75) is 94.0 Å². The van der Waals surface area contributed by atoms with Crippen LogP contribution in [-0.4, -0.2) is 88.7 Å². The third-order valence-electron chi connectivity index (χ3n) is 10.0. The molecule has 0 radical (unpaired) electrons. The maximum absolute atomic E-state index is 14.5. The number of nitrogens with zero attached hydrogens (tertiary/aromatic N) is 2. The minimum Gasteiger partial charge on any atom is -0.463 e. The van der Waals surface area contributed by atoms with Crippen LogP contribution in [0.2, 0.25) is 0 Å². The van der Waals surface area contributed by atoms with E-state index in [0.717, 1.165) is 37.7 Å². The summed E-state index contributed by atoms with van der Waals surface area (Å²) < 4.78 is 12.1. The fourth-order valence-corrected chi connectivity index (χ4v) is 7.96. The number of rotatable bonds is 15. The van der Waals surface area contributed by atoms with Crippen LogP contribution in [0.3, 0.4) is 0 Å². The van der Waals surface area contributed by atoms with Crippen molar-refractivity contribution in [1.29, 1.82) is 0 Å². The first-order valence-electron chi connectivity index (χ1n) is 16.5. The van der Waals surface area contributed by atoms with Gasteiger partial charge in [0, 0.05) is 32.2 Å². The van der Waals surface area contributed by atoms with Crippen molar-refractivity contribution in [3.8, 4) is 0 Å². The third kappa shape index (κ3) is 6.58. The van der Waals surface area contributed by atoms with Gasteiger partial charge in [0.15, 0.2) is 0 Å². The largest absolute Gasteiger partial charge is 0.463 e. The molecular weight excluding hydrogens is 574 g/mol. The van der Waals surface area contributed by atoms with Crippen LogP contribution in [0.5, 0.6) is 0 Å². The zero-order valence-electron chi connectivity index (χ0n) is 26.1. The summed E-state index contributed by atoms with van der Waals surface area (Å²) in [5.41, 5.74) is -0.354. The lowest BCUT2D eigenvalue weighted by molar-refractivity contribution is -0.150. The molecule has 2 N–H and O–H groups in total. The molecule has 45 heavy (non-hydrogen) atoms. The maximum atomic E-state index is 14.5. The van der Waals surface area contributed by atoms with Gasteiger partial charge >= 0.3 is 5.97 Å². The molecule has 1 aliphatic carbocycles. The Labute approximate surface area is 265 Å². The summed E-state index contributed by atoms with van der Waals surface area (Å²) in [6, 6.07) is 7.83. The van der Waals surface area contributed by atoms with Crippen LogP contribution >= 0.6 is 0 Å². The molecule has 1 aromatic rings. The van der Waals surface area contributed by atoms with Gasteiger partial charge in [0.1, 0.15) is 18.2 Å². The van der Waals surface area contributed by atoms with Gasteiger partial charge in [-0.15, -0.1) is 13.2 Å². The van der Waals surface area contributed by atoms with Gasteiger partial charge in [-0.25, -0.2) is 0 Å². The van der Waals surface area contributed by atoms with Crippen molar-refractivity contribution in [3.05, 3.63) is 61.2 Å². The van der Waals surface area contributed by atoms with Gasteiger partial charge in [0.25, 0.3) is 0 Å². The second-order valence-electron chi connectivity index (χ2n) is 12.7. The number of benzene rings is 1. The van der Waals surface area contributed by atoms with Crippen LogP contribution in [0, 0.1) is 11.8 Å². The van der Waals surface area contributed by atoms with Crippen molar-refractivity contribution in [2.75, 3.05) is 26.3 Å². The lowest BCUT2D eigenvalue weighted by atomic mass is 9.70. The van der Waals surface area contributed by atoms with Crippen LogP contribution in [0.1, 0.15) is 75.8 Å². The van der Waals surface area contributed by atoms with E-state index in [-0.39, 0.29) is 55.9 Å². The summed E-state index contributed by atoms with van der Waals surface area (Å²) in [6.45, 7) is 7.93. The Hall–Kier alpha value is -3.50. The highest BCUT2D eigenvalue weighted by atomic mass is 16.5. The second-order valence-corrected chi connectivity index (χ2v) is 12.7. The fraction of sp³-hybridized carbons (Fsp3) is 0.600. The number of carbonyl (C=O) groups is 4. The standard InChI is InChI=1S/C35H47N3O7/c1-3-5-17-28(40)44-23-26(24-13-8-6-9-14-24)36-32(41)29-27-18-19-35(45-27)30(29)33(42)38(21-12-22-39)31(35)34(43)37(20-4-2)25-15-10-7-11-16-25/h3-4,6,8-9,13-14,25-27,29-31,39H,1-2,5,7,10-12,15-23H2,(H,36,41)/t26-,27-,29+,30+,31-,35+/m0/s1. The van der Waals surface area contributed by atoms with Crippen LogP contribution in [0.25, 0.3) is 0 Å². The quantitative estimate of drug-likeness (QED) is 0.227. The molecule has 0 aromatic heterocycles. The maximum Gasteiger partial charge on any atom is 0.306 e. The van der Waals surface area contributed by atoms with E-state index in [0.29, 0.717) is 32.2 Å². The average molecular weight is 622 g/mol. The van der Waals surface area contributed by atoms with Gasteiger partial charge in [0.05, 0.1) is 24.0 Å². The van der Waals surface area contributed by atoms with E-state index >= 15 is 0 Å². The van der Waals surface area contributed by atoms with E-state index < -0.39 is 35.6 Å². The highest BCUT2D eigenvalue weighted by Crippen LogP contribution is 2.58. The number of amides is 3. The molecule has 1 spiro atoms. The van der Waals surface area contributed by atoms with Gasteiger partial charge < -0.3 is 29.7 Å². The predicted molar refractivity (Wildman–Crippen MR) is 168 cm³/mol. The van der Waals surface area contributed by atoms with E-state index in [1.807, 2.05) is 35.2 Å². The molecule has 4 fully saturated rings. The number of aliphatic hydroxyl groups is 1. The molecule has 3 heterocycles. The number of hydrogen-bond donors (Lipinski definition) is 2. The average Bonchev–Trinajstić information content (AvgIpc) is 3.71. The highest BCUT2D eigenvalue weighted by Gasteiger charge is 2.74. The number of aliphatic hydroxyl groups excluding tert-OH is 1. The Morgan fingerprint density at radius 1 is 1.13 bits per heavy atom.